The highest BCUT2D eigenvalue weighted by molar-refractivity contribution is 6.01. The monoisotopic (exact) mass is 387 g/mol. The molecule has 3 N–H and O–H groups in total. The van der Waals surface area contributed by atoms with Crippen LogP contribution in [0.5, 0.6) is 11.5 Å². The molecule has 1 heterocycles. The number of hydrogen-bond acceptors (Lipinski definition) is 5. The van der Waals surface area contributed by atoms with Gasteiger partial charge < -0.3 is 20.5 Å². The number of hydrogen-bond donors (Lipinski definition) is 3. The Balaban J connectivity index is 1.72. The van der Waals surface area contributed by atoms with E-state index in [0.717, 1.165) is 16.8 Å². The summed E-state index contributed by atoms with van der Waals surface area (Å²) in [6.45, 7) is 3.46. The van der Waals surface area contributed by atoms with Gasteiger partial charge in [0.25, 0.3) is 0 Å². The zero-order valence-corrected chi connectivity index (χ0v) is 15.9. The number of nitrogens with one attached hydrogen (secondary N) is 2. The fourth-order valence-electron chi connectivity index (χ4n) is 2.61. The molecule has 1 aromatic heterocycles. The predicted molar refractivity (Wildman–Crippen MR) is 116 cm³/mol. The van der Waals surface area contributed by atoms with Crippen molar-refractivity contribution in [1.82, 2.24) is 4.98 Å². The van der Waals surface area contributed by atoms with Crippen LogP contribution in [0.1, 0.15) is 11.1 Å². The molecule has 6 heteroatoms. The van der Waals surface area contributed by atoms with Gasteiger partial charge in [-0.2, -0.15) is 0 Å². The summed E-state index contributed by atoms with van der Waals surface area (Å²) in [5, 5.41) is 15.7. The fraction of sp³-hybridized carbons (Fsp3) is 0.0435. The second kappa shape index (κ2) is 9.23. The minimum Gasteiger partial charge on any atom is -0.508 e. The Labute approximate surface area is 169 Å². The summed E-state index contributed by atoms with van der Waals surface area (Å²) in [4.78, 5) is 16.0. The maximum absolute atomic E-state index is 11.6. The molecule has 0 atom stereocenters. The van der Waals surface area contributed by atoms with E-state index in [1.54, 1.807) is 31.5 Å². The number of carbonyl (C=O) groups excluding carboxylic acids is 1. The summed E-state index contributed by atoms with van der Waals surface area (Å²) in [6, 6.07) is 16.1. The van der Waals surface area contributed by atoms with Gasteiger partial charge in [0.1, 0.15) is 17.3 Å². The van der Waals surface area contributed by atoms with Crippen LogP contribution < -0.4 is 15.4 Å². The molecule has 0 bridgehead atoms. The summed E-state index contributed by atoms with van der Waals surface area (Å²) < 4.78 is 5.15. The number of anilines is 3. The van der Waals surface area contributed by atoms with Crippen LogP contribution in [0.4, 0.5) is 17.2 Å². The van der Waals surface area contributed by atoms with Gasteiger partial charge in [-0.15, -0.1) is 0 Å². The number of benzene rings is 2. The summed E-state index contributed by atoms with van der Waals surface area (Å²) in [5.74, 6) is 1.09. The van der Waals surface area contributed by atoms with Crippen molar-refractivity contribution in [1.29, 1.82) is 0 Å². The van der Waals surface area contributed by atoms with Gasteiger partial charge in [-0.1, -0.05) is 30.9 Å². The normalized spacial score (nSPS) is 10.5. The quantitative estimate of drug-likeness (QED) is 0.506. The number of aromatic nitrogens is 1. The lowest BCUT2D eigenvalue weighted by molar-refractivity contribution is -0.111. The molecule has 0 saturated heterocycles. The third-order valence-corrected chi connectivity index (χ3v) is 4.04. The van der Waals surface area contributed by atoms with Crippen LogP contribution in [0.3, 0.4) is 0 Å². The molecule has 146 valence electrons. The Morgan fingerprint density at radius 1 is 1.07 bits per heavy atom. The van der Waals surface area contributed by atoms with E-state index in [4.69, 9.17) is 4.74 Å². The number of pyridine rings is 1. The van der Waals surface area contributed by atoms with Gasteiger partial charge in [0.05, 0.1) is 18.5 Å². The number of aromatic hydroxyl groups is 1. The Kier molecular flexibility index (Phi) is 6.27. The second-order valence-electron chi connectivity index (χ2n) is 6.14. The third-order valence-electron chi connectivity index (χ3n) is 4.04. The van der Waals surface area contributed by atoms with Gasteiger partial charge >= 0.3 is 0 Å². The van der Waals surface area contributed by atoms with Gasteiger partial charge in [0.2, 0.25) is 5.91 Å². The molecule has 6 nitrogen and oxygen atoms in total. The van der Waals surface area contributed by atoms with Crippen molar-refractivity contribution in [2.24, 2.45) is 0 Å². The fourth-order valence-corrected chi connectivity index (χ4v) is 2.61. The van der Waals surface area contributed by atoms with Crippen molar-refractivity contribution in [3.63, 3.8) is 0 Å². The van der Waals surface area contributed by atoms with E-state index in [9.17, 15) is 9.90 Å². The van der Waals surface area contributed by atoms with Crippen LogP contribution in [-0.2, 0) is 4.79 Å². The molecule has 3 rings (SSSR count). The van der Waals surface area contributed by atoms with Crippen molar-refractivity contribution >= 4 is 35.3 Å². The number of phenolic OH excluding ortho intramolecular Hbond substituents is 1. The first kappa shape index (κ1) is 19.7. The Morgan fingerprint density at radius 2 is 1.83 bits per heavy atom. The van der Waals surface area contributed by atoms with Gasteiger partial charge in [-0.25, -0.2) is 4.98 Å². The lowest BCUT2D eigenvalue weighted by atomic mass is 10.1. The maximum atomic E-state index is 11.6. The van der Waals surface area contributed by atoms with Crippen molar-refractivity contribution in [2.75, 3.05) is 17.7 Å². The van der Waals surface area contributed by atoms with Crippen molar-refractivity contribution in [3.8, 4) is 11.5 Å². The highest BCUT2D eigenvalue weighted by Crippen LogP contribution is 2.25. The number of amides is 1. The van der Waals surface area contributed by atoms with Gasteiger partial charge in [0, 0.05) is 12.3 Å². The molecule has 29 heavy (non-hydrogen) atoms. The SMILES string of the molecule is C=CC(=O)Nc1ccccc1Nc1ccc(/C=C/c2cc(O)cc(OC)c2)cn1. The van der Waals surface area contributed by atoms with Crippen LogP contribution in [0.25, 0.3) is 12.2 Å². The first-order valence-corrected chi connectivity index (χ1v) is 8.89. The van der Waals surface area contributed by atoms with E-state index < -0.39 is 0 Å². The van der Waals surface area contributed by atoms with E-state index >= 15 is 0 Å². The van der Waals surface area contributed by atoms with Crippen molar-refractivity contribution in [3.05, 3.63) is 84.6 Å². The summed E-state index contributed by atoms with van der Waals surface area (Å²) >= 11 is 0. The number of carbonyl (C=O) groups is 1. The molecule has 0 radical (unpaired) electrons. The Morgan fingerprint density at radius 3 is 2.52 bits per heavy atom. The minimum atomic E-state index is -0.281. The van der Waals surface area contributed by atoms with Gasteiger partial charge in [-0.3, -0.25) is 4.79 Å². The van der Waals surface area contributed by atoms with Crippen LogP contribution in [0.15, 0.2) is 73.4 Å². The number of phenols is 1. The van der Waals surface area contributed by atoms with Crippen LogP contribution in [0.2, 0.25) is 0 Å². The van der Waals surface area contributed by atoms with Crippen LogP contribution >= 0.6 is 0 Å². The predicted octanol–water partition coefficient (Wildman–Crippen LogP) is 4.83. The van der Waals surface area contributed by atoms with E-state index in [2.05, 4.69) is 22.2 Å². The van der Waals surface area contributed by atoms with E-state index in [0.29, 0.717) is 17.3 Å². The van der Waals surface area contributed by atoms with Crippen LogP contribution in [0, 0.1) is 0 Å². The van der Waals surface area contributed by atoms with Crippen LogP contribution in [-0.4, -0.2) is 23.1 Å². The van der Waals surface area contributed by atoms with E-state index in [-0.39, 0.29) is 11.7 Å². The standard InChI is InChI=1S/C23H21N3O3/c1-3-23(28)26-21-7-5-4-6-20(21)25-22-11-10-16(15-24-22)8-9-17-12-18(27)14-19(13-17)29-2/h3-15,27H,1H2,2H3,(H,24,25)(H,26,28)/b9-8+. The molecule has 2 aromatic carbocycles. The number of ether oxygens (including phenoxy) is 1. The number of methoxy groups -OCH3 is 1. The zero-order valence-electron chi connectivity index (χ0n) is 15.9. The lowest BCUT2D eigenvalue weighted by Gasteiger charge is -2.11. The number of nitrogens with zero attached hydrogens (tertiary/aromatic N) is 1. The van der Waals surface area contributed by atoms with Gasteiger partial charge in [-0.05, 0) is 53.6 Å². The zero-order chi connectivity index (χ0) is 20.6. The minimum absolute atomic E-state index is 0.142. The first-order valence-electron chi connectivity index (χ1n) is 8.89. The average molecular weight is 387 g/mol. The maximum Gasteiger partial charge on any atom is 0.247 e. The Hall–Kier alpha value is -4.06. The van der Waals surface area contributed by atoms with Crippen molar-refractivity contribution < 1.29 is 14.6 Å². The molecule has 3 aromatic rings. The lowest BCUT2D eigenvalue weighted by Crippen LogP contribution is -2.09. The Bertz CT molecular complexity index is 1040. The topological polar surface area (TPSA) is 83.5 Å². The average Bonchev–Trinajstić information content (AvgIpc) is 2.74. The number of para-hydroxylation sites is 2. The summed E-state index contributed by atoms with van der Waals surface area (Å²) in [6.07, 6.45) is 6.71. The smallest absolute Gasteiger partial charge is 0.247 e. The molecule has 0 saturated carbocycles. The van der Waals surface area contributed by atoms with Gasteiger partial charge in [0.15, 0.2) is 0 Å². The number of rotatable bonds is 7. The third kappa shape index (κ3) is 5.46. The molecule has 0 spiro atoms. The highest BCUT2D eigenvalue weighted by atomic mass is 16.5. The highest BCUT2D eigenvalue weighted by Gasteiger charge is 2.05. The molecule has 0 fully saturated rings. The van der Waals surface area contributed by atoms with Crippen molar-refractivity contribution in [2.45, 2.75) is 0 Å². The second-order valence-corrected chi connectivity index (χ2v) is 6.14. The molecule has 0 aliphatic heterocycles. The molecular formula is C23H21N3O3. The summed E-state index contributed by atoms with van der Waals surface area (Å²) in [7, 11) is 1.55. The molecule has 1 amide bonds. The largest absolute Gasteiger partial charge is 0.508 e. The van der Waals surface area contributed by atoms with E-state index in [1.165, 1.54) is 6.08 Å². The van der Waals surface area contributed by atoms with E-state index in [1.807, 2.05) is 48.6 Å². The summed E-state index contributed by atoms with van der Waals surface area (Å²) in [5.41, 5.74) is 3.08. The molecule has 0 unspecified atom stereocenters. The molecule has 0 aliphatic rings. The molecular weight excluding hydrogens is 366 g/mol. The first-order chi connectivity index (χ1) is 14.1. The molecule has 0 aliphatic carbocycles.